The van der Waals surface area contributed by atoms with Crippen molar-refractivity contribution in [3.8, 4) is 0 Å². The predicted molar refractivity (Wildman–Crippen MR) is 81.7 cm³/mol. The number of carbonyl (C=O) groups excluding carboxylic acids is 1. The topological polar surface area (TPSA) is 78.9 Å². The molecule has 0 spiro atoms. The summed E-state index contributed by atoms with van der Waals surface area (Å²) in [5.74, 6) is -1.68. The van der Waals surface area contributed by atoms with Crippen LogP contribution in [0.4, 0.5) is 10.5 Å². The number of carboxylic acid groups (broad SMARTS) is 1. The summed E-state index contributed by atoms with van der Waals surface area (Å²) in [6.07, 6.45) is 0. The van der Waals surface area contributed by atoms with Crippen LogP contribution in [0.5, 0.6) is 0 Å². The van der Waals surface area contributed by atoms with Crippen LogP contribution in [0.25, 0.3) is 0 Å². The predicted octanol–water partition coefficient (Wildman–Crippen LogP) is 2.67. The standard InChI is InChI=1S/C13H14BrClN2O4/c1-17(11-6-21-5-8(11)12(18)19)13(20)16-7-2-3-9(14)10(15)4-7/h2-4,8,11H,5-6H2,1H3,(H,16,20)(H,18,19). The van der Waals surface area contributed by atoms with E-state index < -0.39 is 24.0 Å². The number of likely N-dealkylation sites (N-methyl/N-ethyl adjacent to an activating group) is 1. The van der Waals surface area contributed by atoms with Crippen molar-refractivity contribution >= 4 is 45.2 Å². The van der Waals surface area contributed by atoms with Crippen molar-refractivity contribution < 1.29 is 19.4 Å². The molecule has 21 heavy (non-hydrogen) atoms. The first-order valence-corrected chi connectivity index (χ1v) is 7.36. The zero-order chi connectivity index (χ0) is 15.6. The molecule has 1 aliphatic rings. The van der Waals surface area contributed by atoms with Gasteiger partial charge in [-0.05, 0) is 34.1 Å². The van der Waals surface area contributed by atoms with E-state index in [4.69, 9.17) is 21.4 Å². The Hall–Kier alpha value is -1.31. The quantitative estimate of drug-likeness (QED) is 0.849. The summed E-state index contributed by atoms with van der Waals surface area (Å²) in [5.41, 5.74) is 0.533. The van der Waals surface area contributed by atoms with Crippen LogP contribution in [0, 0.1) is 5.92 Å². The highest BCUT2D eigenvalue weighted by molar-refractivity contribution is 9.10. The molecule has 1 heterocycles. The molecule has 0 saturated carbocycles. The Morgan fingerprint density at radius 3 is 2.81 bits per heavy atom. The van der Waals surface area contributed by atoms with Crippen LogP contribution in [-0.4, -0.2) is 48.3 Å². The molecule has 2 rings (SSSR count). The van der Waals surface area contributed by atoms with Crippen molar-refractivity contribution in [1.29, 1.82) is 0 Å². The van der Waals surface area contributed by atoms with Gasteiger partial charge in [-0.1, -0.05) is 11.6 Å². The molecule has 1 aliphatic heterocycles. The third kappa shape index (κ3) is 3.66. The number of rotatable bonds is 3. The lowest BCUT2D eigenvalue weighted by Crippen LogP contribution is -2.45. The van der Waals surface area contributed by atoms with E-state index in [1.54, 1.807) is 25.2 Å². The summed E-state index contributed by atoms with van der Waals surface area (Å²) in [5, 5.41) is 12.3. The maximum atomic E-state index is 12.2. The van der Waals surface area contributed by atoms with E-state index in [1.165, 1.54) is 4.90 Å². The Kier molecular flexibility index (Phi) is 5.08. The van der Waals surface area contributed by atoms with E-state index in [-0.39, 0.29) is 13.2 Å². The average Bonchev–Trinajstić information content (AvgIpc) is 2.91. The van der Waals surface area contributed by atoms with E-state index in [9.17, 15) is 9.59 Å². The number of nitrogens with zero attached hydrogens (tertiary/aromatic N) is 1. The van der Waals surface area contributed by atoms with Gasteiger partial charge in [-0.3, -0.25) is 4.79 Å². The number of nitrogens with one attached hydrogen (secondary N) is 1. The molecule has 1 saturated heterocycles. The van der Waals surface area contributed by atoms with E-state index in [0.29, 0.717) is 10.7 Å². The van der Waals surface area contributed by atoms with Gasteiger partial charge in [0, 0.05) is 17.2 Å². The van der Waals surface area contributed by atoms with Crippen molar-refractivity contribution in [3.05, 3.63) is 27.7 Å². The molecule has 0 bridgehead atoms. The molecule has 8 heteroatoms. The largest absolute Gasteiger partial charge is 0.481 e. The number of hydrogen-bond acceptors (Lipinski definition) is 3. The number of carboxylic acids is 1. The summed E-state index contributed by atoms with van der Waals surface area (Å²) in [7, 11) is 1.55. The van der Waals surface area contributed by atoms with Crippen molar-refractivity contribution in [3.63, 3.8) is 0 Å². The number of ether oxygens (including phenoxy) is 1. The van der Waals surface area contributed by atoms with E-state index in [2.05, 4.69) is 21.2 Å². The highest BCUT2D eigenvalue weighted by Gasteiger charge is 2.38. The fourth-order valence-electron chi connectivity index (χ4n) is 2.10. The maximum Gasteiger partial charge on any atom is 0.321 e. The number of aliphatic carboxylic acids is 1. The molecule has 2 N–H and O–H groups in total. The lowest BCUT2D eigenvalue weighted by atomic mass is 10.0. The van der Waals surface area contributed by atoms with Crippen LogP contribution in [0.1, 0.15) is 0 Å². The fourth-order valence-corrected chi connectivity index (χ4v) is 2.52. The van der Waals surface area contributed by atoms with Crippen molar-refractivity contribution in [2.75, 3.05) is 25.6 Å². The van der Waals surface area contributed by atoms with Gasteiger partial charge >= 0.3 is 12.0 Å². The average molecular weight is 378 g/mol. The van der Waals surface area contributed by atoms with Gasteiger partial charge in [-0.25, -0.2) is 4.79 Å². The van der Waals surface area contributed by atoms with E-state index in [1.807, 2.05) is 0 Å². The highest BCUT2D eigenvalue weighted by Crippen LogP contribution is 2.26. The Labute approximate surface area is 135 Å². The molecular weight excluding hydrogens is 364 g/mol. The van der Waals surface area contributed by atoms with Gasteiger partial charge in [0.1, 0.15) is 5.92 Å². The van der Waals surface area contributed by atoms with Crippen molar-refractivity contribution in [1.82, 2.24) is 4.90 Å². The Balaban J connectivity index is 2.05. The van der Waals surface area contributed by atoms with E-state index >= 15 is 0 Å². The second-order valence-electron chi connectivity index (χ2n) is 4.72. The van der Waals surface area contributed by atoms with Crippen LogP contribution in [0.3, 0.4) is 0 Å². The summed E-state index contributed by atoms with van der Waals surface area (Å²) < 4.78 is 5.89. The van der Waals surface area contributed by atoms with Gasteiger partial charge in [0.15, 0.2) is 0 Å². The first kappa shape index (κ1) is 16.1. The van der Waals surface area contributed by atoms with Crippen molar-refractivity contribution in [2.45, 2.75) is 6.04 Å². The zero-order valence-electron chi connectivity index (χ0n) is 11.2. The molecule has 0 radical (unpaired) electrons. The summed E-state index contributed by atoms with van der Waals surface area (Å²) in [4.78, 5) is 24.6. The van der Waals surface area contributed by atoms with Gasteiger partial charge in [0.25, 0.3) is 0 Å². The Bertz CT molecular complexity index is 569. The molecular formula is C13H14BrClN2O4. The van der Waals surface area contributed by atoms with Gasteiger partial charge in [-0.2, -0.15) is 0 Å². The molecule has 0 aromatic heterocycles. The lowest BCUT2D eigenvalue weighted by Gasteiger charge is -2.26. The molecule has 1 fully saturated rings. The molecule has 2 unspecified atom stereocenters. The highest BCUT2D eigenvalue weighted by atomic mass is 79.9. The second-order valence-corrected chi connectivity index (χ2v) is 5.98. The smallest absolute Gasteiger partial charge is 0.321 e. The molecule has 0 aliphatic carbocycles. The number of anilines is 1. The number of halogens is 2. The SMILES string of the molecule is CN(C(=O)Nc1ccc(Br)c(Cl)c1)C1COCC1C(=O)O. The molecule has 2 amide bonds. The van der Waals surface area contributed by atoms with Crippen LogP contribution in [0.15, 0.2) is 22.7 Å². The summed E-state index contributed by atoms with van der Waals surface area (Å²) >= 11 is 9.22. The van der Waals surface area contributed by atoms with Gasteiger partial charge in [-0.15, -0.1) is 0 Å². The second kappa shape index (κ2) is 6.64. The molecule has 2 atom stereocenters. The summed E-state index contributed by atoms with van der Waals surface area (Å²) in [6, 6.07) is 4.12. The molecule has 1 aromatic carbocycles. The van der Waals surface area contributed by atoms with Gasteiger partial charge in [0.2, 0.25) is 0 Å². The normalized spacial score (nSPS) is 21.1. The number of urea groups is 1. The minimum atomic E-state index is -0.969. The first-order chi connectivity index (χ1) is 9.90. The lowest BCUT2D eigenvalue weighted by molar-refractivity contribution is -0.142. The monoisotopic (exact) mass is 376 g/mol. The van der Waals surface area contributed by atoms with Crippen LogP contribution >= 0.6 is 27.5 Å². The number of carbonyl (C=O) groups is 2. The fraction of sp³-hybridized carbons (Fsp3) is 0.385. The Morgan fingerprint density at radius 1 is 1.48 bits per heavy atom. The molecule has 114 valence electrons. The number of benzene rings is 1. The minimum Gasteiger partial charge on any atom is -0.481 e. The maximum absolute atomic E-state index is 12.2. The van der Waals surface area contributed by atoms with E-state index in [0.717, 1.165) is 4.47 Å². The first-order valence-electron chi connectivity index (χ1n) is 6.19. The van der Waals surface area contributed by atoms with Crippen molar-refractivity contribution in [2.24, 2.45) is 5.92 Å². The van der Waals surface area contributed by atoms with Gasteiger partial charge < -0.3 is 20.1 Å². The zero-order valence-corrected chi connectivity index (χ0v) is 13.5. The van der Waals surface area contributed by atoms with Crippen LogP contribution in [0.2, 0.25) is 5.02 Å². The summed E-state index contributed by atoms with van der Waals surface area (Å²) in [6.45, 7) is 0.323. The molecule has 6 nitrogen and oxygen atoms in total. The third-order valence-corrected chi connectivity index (χ3v) is 4.59. The number of amides is 2. The Morgan fingerprint density at radius 2 is 2.19 bits per heavy atom. The minimum absolute atomic E-state index is 0.113. The van der Waals surface area contributed by atoms with Crippen LogP contribution < -0.4 is 5.32 Å². The van der Waals surface area contributed by atoms with Gasteiger partial charge in [0.05, 0.1) is 24.3 Å². The number of hydrogen-bond donors (Lipinski definition) is 2. The molecule has 1 aromatic rings. The van der Waals surface area contributed by atoms with Crippen LogP contribution in [-0.2, 0) is 9.53 Å². The third-order valence-electron chi connectivity index (χ3n) is 3.36.